The van der Waals surface area contributed by atoms with Gasteiger partial charge in [-0.1, -0.05) is 36.7 Å². The normalized spacial score (nSPS) is 16.6. The van der Waals surface area contributed by atoms with Gasteiger partial charge in [0.25, 0.3) is 0 Å². The van der Waals surface area contributed by atoms with Gasteiger partial charge < -0.3 is 9.30 Å². The predicted octanol–water partition coefficient (Wildman–Crippen LogP) is 9.00. The van der Waals surface area contributed by atoms with Gasteiger partial charge >= 0.3 is 21.1 Å². The monoisotopic (exact) mass is 767 g/mol. The number of aromatic nitrogens is 4. The molecular formula is C36H30F2N4OPt. The SMILES string of the molecule is CCc1ccnc(-n2c3[c-]c(Oc4[c-]c(-n5nc(C)c(C6C(F)=CCC[C@@H]6F)c5C)ccc4)ccc3c3ccccc32)c1.[Pt+2]. The molecule has 0 aliphatic heterocycles. The molecule has 1 aliphatic carbocycles. The molecule has 5 nitrogen and oxygen atoms in total. The fourth-order valence-corrected chi connectivity index (χ4v) is 6.22. The van der Waals surface area contributed by atoms with Crippen LogP contribution in [0.25, 0.3) is 33.3 Å². The van der Waals surface area contributed by atoms with Gasteiger partial charge in [0.1, 0.15) is 17.8 Å². The van der Waals surface area contributed by atoms with Crippen LogP contribution >= 0.6 is 0 Å². The minimum atomic E-state index is -1.28. The standard InChI is InChI=1S/C36H30F2N4O.Pt/c1-4-24-17-18-39-34(19-24)41-32-14-6-5-11-28(32)29-16-15-27(21-33(29)41)43-26-10-7-9-25(20-26)42-23(3)35(22(2)40-42)36-30(37)12-8-13-31(36)38;/h5-7,9-12,14-19,31,36H,4,8,13H2,1-3H3;/q-2;+2/t31-,36?;/m0./s1. The minimum absolute atomic E-state index is 0. The molecule has 0 saturated heterocycles. The molecule has 6 aromatic rings. The Labute approximate surface area is 269 Å². The van der Waals surface area contributed by atoms with E-state index >= 15 is 0 Å². The minimum Gasteiger partial charge on any atom is -0.509 e. The quantitative estimate of drug-likeness (QED) is 0.159. The second kappa shape index (κ2) is 12.1. The molecule has 1 aliphatic rings. The first-order valence-corrected chi connectivity index (χ1v) is 14.6. The molecule has 2 atom stereocenters. The van der Waals surface area contributed by atoms with Gasteiger partial charge in [0.2, 0.25) is 0 Å². The first-order valence-electron chi connectivity index (χ1n) is 14.6. The van der Waals surface area contributed by atoms with Crippen molar-refractivity contribution in [2.45, 2.75) is 52.1 Å². The van der Waals surface area contributed by atoms with Crippen molar-refractivity contribution < 1.29 is 34.6 Å². The number of benzene rings is 3. The Bertz CT molecular complexity index is 2030. The molecule has 0 radical (unpaired) electrons. The number of hydrogen-bond donors (Lipinski definition) is 0. The van der Waals surface area contributed by atoms with Crippen molar-refractivity contribution in [2.75, 3.05) is 0 Å². The number of halogens is 2. The Morgan fingerprint density at radius 1 is 0.977 bits per heavy atom. The molecule has 0 amide bonds. The summed E-state index contributed by atoms with van der Waals surface area (Å²) in [6.45, 7) is 5.76. The first kappa shape index (κ1) is 30.0. The fourth-order valence-electron chi connectivity index (χ4n) is 6.22. The summed E-state index contributed by atoms with van der Waals surface area (Å²) < 4.78 is 39.7. The van der Waals surface area contributed by atoms with Crippen molar-refractivity contribution in [3.05, 3.63) is 119 Å². The van der Waals surface area contributed by atoms with Crippen LogP contribution in [0.2, 0.25) is 0 Å². The average molecular weight is 768 g/mol. The van der Waals surface area contributed by atoms with Crippen molar-refractivity contribution in [1.82, 2.24) is 19.3 Å². The van der Waals surface area contributed by atoms with Gasteiger partial charge in [-0.3, -0.25) is 4.68 Å². The molecule has 1 unspecified atom stereocenters. The van der Waals surface area contributed by atoms with Crippen LogP contribution in [0.1, 0.15) is 48.2 Å². The van der Waals surface area contributed by atoms with Crippen LogP contribution in [-0.4, -0.2) is 25.5 Å². The Hall–Kier alpha value is -4.09. The summed E-state index contributed by atoms with van der Waals surface area (Å²) in [5.74, 6) is 0.476. The Morgan fingerprint density at radius 2 is 1.80 bits per heavy atom. The summed E-state index contributed by atoms with van der Waals surface area (Å²) in [7, 11) is 0. The van der Waals surface area contributed by atoms with E-state index in [2.05, 4.69) is 51.9 Å². The van der Waals surface area contributed by atoms with Gasteiger partial charge in [-0.2, -0.15) is 17.2 Å². The van der Waals surface area contributed by atoms with Crippen molar-refractivity contribution in [1.29, 1.82) is 0 Å². The van der Waals surface area contributed by atoms with E-state index in [0.29, 0.717) is 47.0 Å². The van der Waals surface area contributed by atoms with Crippen molar-refractivity contribution in [2.24, 2.45) is 0 Å². The summed E-state index contributed by atoms with van der Waals surface area (Å²) in [5, 5.41) is 6.81. The third-order valence-electron chi connectivity index (χ3n) is 8.30. The van der Waals surface area contributed by atoms with Crippen molar-refractivity contribution >= 4 is 21.8 Å². The Balaban J connectivity index is 0.00000343. The number of pyridine rings is 1. The van der Waals surface area contributed by atoms with Crippen LogP contribution in [0.3, 0.4) is 0 Å². The van der Waals surface area contributed by atoms with Crippen LogP contribution < -0.4 is 4.74 Å². The third-order valence-corrected chi connectivity index (χ3v) is 8.30. The fraction of sp³-hybridized carbons (Fsp3) is 0.222. The van der Waals surface area contributed by atoms with Gasteiger partial charge in [0, 0.05) is 34.5 Å². The van der Waals surface area contributed by atoms with Crippen molar-refractivity contribution in [3.63, 3.8) is 0 Å². The molecule has 0 bridgehead atoms. The van der Waals surface area contributed by atoms with E-state index in [9.17, 15) is 8.78 Å². The Kier molecular flexibility index (Phi) is 8.25. The molecule has 0 spiro atoms. The summed E-state index contributed by atoms with van der Waals surface area (Å²) in [4.78, 5) is 4.69. The smallest absolute Gasteiger partial charge is 0.509 e. The maximum Gasteiger partial charge on any atom is 2.00 e. The van der Waals surface area contributed by atoms with Crippen LogP contribution in [0.15, 0.2) is 84.8 Å². The van der Waals surface area contributed by atoms with E-state index in [4.69, 9.17) is 4.74 Å². The van der Waals surface area contributed by atoms with Gasteiger partial charge in [-0.05, 0) is 67.9 Å². The van der Waals surface area contributed by atoms with Crippen LogP contribution in [0.4, 0.5) is 8.78 Å². The van der Waals surface area contributed by atoms with E-state index < -0.39 is 17.9 Å². The number of ether oxygens (including phenoxy) is 1. The number of para-hydroxylation sites is 1. The number of allylic oxidation sites excluding steroid dienone is 2. The Morgan fingerprint density at radius 3 is 2.61 bits per heavy atom. The molecule has 0 fully saturated rings. The third kappa shape index (κ3) is 5.17. The zero-order valence-corrected chi connectivity index (χ0v) is 26.8. The predicted molar refractivity (Wildman–Crippen MR) is 165 cm³/mol. The van der Waals surface area contributed by atoms with E-state index in [0.717, 1.165) is 34.0 Å². The number of fused-ring (bicyclic) bond motifs is 3. The first-order chi connectivity index (χ1) is 20.9. The molecule has 3 aromatic carbocycles. The summed E-state index contributed by atoms with van der Waals surface area (Å²) >= 11 is 0. The molecule has 7 rings (SSSR count). The second-order valence-corrected chi connectivity index (χ2v) is 11.0. The zero-order chi connectivity index (χ0) is 29.7. The van der Waals surface area contributed by atoms with Crippen LogP contribution in [0.5, 0.6) is 11.5 Å². The average Bonchev–Trinajstić information content (AvgIpc) is 3.50. The number of nitrogens with zero attached hydrogens (tertiary/aromatic N) is 4. The molecular weight excluding hydrogens is 737 g/mol. The maximum absolute atomic E-state index is 14.9. The van der Waals surface area contributed by atoms with Crippen LogP contribution in [-0.2, 0) is 27.5 Å². The molecule has 8 heteroatoms. The number of hydrogen-bond acceptors (Lipinski definition) is 3. The summed E-state index contributed by atoms with van der Waals surface area (Å²) in [6, 6.07) is 28.6. The largest absolute Gasteiger partial charge is 2.00 e. The number of rotatable bonds is 6. The zero-order valence-electron chi connectivity index (χ0n) is 24.6. The van der Waals surface area contributed by atoms with Gasteiger partial charge in [-0.15, -0.1) is 35.7 Å². The topological polar surface area (TPSA) is 44.9 Å². The van der Waals surface area contributed by atoms with Gasteiger partial charge in [-0.25, -0.2) is 13.8 Å². The van der Waals surface area contributed by atoms with Gasteiger partial charge in [0.05, 0.1) is 11.6 Å². The molecule has 0 saturated carbocycles. The molecule has 224 valence electrons. The summed E-state index contributed by atoms with van der Waals surface area (Å²) in [6.07, 6.45) is 3.67. The van der Waals surface area contributed by atoms with Crippen molar-refractivity contribution in [3.8, 4) is 23.0 Å². The molecule has 0 N–H and O–H groups in total. The van der Waals surface area contributed by atoms with Gasteiger partial charge in [0.15, 0.2) is 0 Å². The van der Waals surface area contributed by atoms with E-state index in [-0.39, 0.29) is 21.1 Å². The summed E-state index contributed by atoms with van der Waals surface area (Å²) in [5.41, 5.74) is 5.60. The van der Waals surface area contributed by atoms with E-state index in [1.165, 1.54) is 11.6 Å². The molecule has 3 aromatic heterocycles. The molecule has 44 heavy (non-hydrogen) atoms. The number of aryl methyl sites for hydroxylation is 2. The maximum atomic E-state index is 14.9. The van der Waals surface area contributed by atoms with E-state index in [1.807, 2.05) is 61.7 Å². The van der Waals surface area contributed by atoms with Crippen LogP contribution in [0, 0.1) is 26.0 Å². The number of alkyl halides is 1. The van der Waals surface area contributed by atoms with E-state index in [1.54, 1.807) is 11.6 Å². The molecule has 3 heterocycles. The second-order valence-electron chi connectivity index (χ2n) is 11.0.